The highest BCUT2D eigenvalue weighted by molar-refractivity contribution is 7.89. The minimum Gasteiger partial charge on any atom is -0.465 e. The summed E-state index contributed by atoms with van der Waals surface area (Å²) in [6.07, 6.45) is 3.22. The van der Waals surface area contributed by atoms with Crippen molar-refractivity contribution in [2.45, 2.75) is 24.2 Å². The molecule has 0 radical (unpaired) electrons. The molecule has 148 valence electrons. The Bertz CT molecular complexity index is 780. The summed E-state index contributed by atoms with van der Waals surface area (Å²) in [5.41, 5.74) is 0.299. The topological polar surface area (TPSA) is 87.2 Å². The van der Waals surface area contributed by atoms with Crippen LogP contribution in [0.4, 0.5) is 4.79 Å². The van der Waals surface area contributed by atoms with E-state index in [0.29, 0.717) is 18.7 Å². The van der Waals surface area contributed by atoms with Crippen LogP contribution in [0, 0.1) is 0 Å². The maximum Gasteiger partial charge on any atom is 0.337 e. The van der Waals surface area contributed by atoms with Crippen LogP contribution in [-0.2, 0) is 14.8 Å². The first-order valence-electron chi connectivity index (χ1n) is 9.16. The Labute approximate surface area is 159 Å². The maximum atomic E-state index is 12.8. The van der Waals surface area contributed by atoms with Gasteiger partial charge in [0.1, 0.15) is 0 Å². The van der Waals surface area contributed by atoms with E-state index in [9.17, 15) is 18.0 Å². The van der Waals surface area contributed by atoms with E-state index in [1.807, 2.05) is 4.90 Å². The fourth-order valence-corrected chi connectivity index (χ4v) is 4.86. The average molecular weight is 395 g/mol. The lowest BCUT2D eigenvalue weighted by atomic mass is 10.1. The van der Waals surface area contributed by atoms with Gasteiger partial charge in [0, 0.05) is 39.3 Å². The predicted octanol–water partition coefficient (Wildman–Crippen LogP) is 1.39. The number of likely N-dealkylation sites (tertiary alicyclic amines) is 1. The highest BCUT2D eigenvalue weighted by atomic mass is 32.2. The van der Waals surface area contributed by atoms with E-state index >= 15 is 0 Å². The molecule has 0 aliphatic carbocycles. The van der Waals surface area contributed by atoms with Crippen molar-refractivity contribution in [2.75, 3.05) is 46.4 Å². The molecule has 0 atom stereocenters. The number of amides is 2. The number of methoxy groups -OCH3 is 1. The summed E-state index contributed by atoms with van der Waals surface area (Å²) in [5, 5.41) is 0. The van der Waals surface area contributed by atoms with E-state index in [1.54, 1.807) is 4.90 Å². The van der Waals surface area contributed by atoms with Crippen molar-refractivity contribution in [1.82, 2.24) is 14.1 Å². The van der Waals surface area contributed by atoms with Crippen LogP contribution in [0.25, 0.3) is 0 Å². The molecule has 0 spiro atoms. The number of hydrogen-bond donors (Lipinski definition) is 0. The predicted molar refractivity (Wildman–Crippen MR) is 98.9 cm³/mol. The van der Waals surface area contributed by atoms with Crippen LogP contribution in [0.3, 0.4) is 0 Å². The average Bonchev–Trinajstić information content (AvgIpc) is 2.73. The molecule has 0 unspecified atom stereocenters. The van der Waals surface area contributed by atoms with E-state index in [1.165, 1.54) is 35.7 Å². The van der Waals surface area contributed by atoms with Crippen LogP contribution in [0.1, 0.15) is 29.6 Å². The molecule has 2 aliphatic heterocycles. The van der Waals surface area contributed by atoms with Crippen molar-refractivity contribution >= 4 is 22.0 Å². The van der Waals surface area contributed by atoms with Gasteiger partial charge in [0.15, 0.2) is 0 Å². The highest BCUT2D eigenvalue weighted by Crippen LogP contribution is 2.20. The second-order valence-electron chi connectivity index (χ2n) is 6.74. The minimum atomic E-state index is -3.66. The van der Waals surface area contributed by atoms with Gasteiger partial charge in [-0.25, -0.2) is 18.0 Å². The van der Waals surface area contributed by atoms with Crippen molar-refractivity contribution in [3.05, 3.63) is 29.8 Å². The quantitative estimate of drug-likeness (QED) is 0.722. The fourth-order valence-electron chi connectivity index (χ4n) is 3.43. The van der Waals surface area contributed by atoms with E-state index in [4.69, 9.17) is 0 Å². The number of piperazine rings is 1. The van der Waals surface area contributed by atoms with Crippen molar-refractivity contribution in [1.29, 1.82) is 0 Å². The minimum absolute atomic E-state index is 0.00850. The molecule has 0 N–H and O–H groups in total. The zero-order valence-corrected chi connectivity index (χ0v) is 16.3. The number of carbonyl (C=O) groups excluding carboxylic acids is 2. The molecule has 1 aromatic carbocycles. The van der Waals surface area contributed by atoms with E-state index in [0.717, 1.165) is 32.4 Å². The number of ether oxygens (including phenoxy) is 1. The first-order valence-corrected chi connectivity index (χ1v) is 10.6. The molecular formula is C18H25N3O5S. The van der Waals surface area contributed by atoms with Gasteiger partial charge in [-0.15, -0.1) is 0 Å². The summed E-state index contributed by atoms with van der Waals surface area (Å²) in [6.45, 7) is 2.86. The standard InChI is InChI=1S/C18H25N3O5S/c1-26-17(22)15-5-7-16(8-6-15)27(24,25)21-13-11-20(12-14-21)18(23)19-9-3-2-4-10-19/h5-8H,2-4,9-14H2,1H3. The van der Waals surface area contributed by atoms with Crippen LogP contribution < -0.4 is 0 Å². The van der Waals surface area contributed by atoms with E-state index < -0.39 is 16.0 Å². The van der Waals surface area contributed by atoms with Gasteiger partial charge in [0.05, 0.1) is 17.6 Å². The number of nitrogens with zero attached hydrogens (tertiary/aromatic N) is 3. The first-order chi connectivity index (χ1) is 12.9. The lowest BCUT2D eigenvalue weighted by Gasteiger charge is -2.38. The lowest BCUT2D eigenvalue weighted by molar-refractivity contribution is 0.0600. The highest BCUT2D eigenvalue weighted by Gasteiger charge is 2.32. The summed E-state index contributed by atoms with van der Waals surface area (Å²) in [5.74, 6) is -0.510. The van der Waals surface area contributed by atoms with Gasteiger partial charge in [0.25, 0.3) is 0 Å². The monoisotopic (exact) mass is 395 g/mol. The summed E-state index contributed by atoms with van der Waals surface area (Å²) in [7, 11) is -2.38. The number of sulfonamides is 1. The smallest absolute Gasteiger partial charge is 0.337 e. The third-order valence-electron chi connectivity index (χ3n) is 5.05. The van der Waals surface area contributed by atoms with Gasteiger partial charge in [-0.1, -0.05) is 0 Å². The molecule has 1 aromatic rings. The number of esters is 1. The third kappa shape index (κ3) is 4.24. The van der Waals surface area contributed by atoms with Gasteiger partial charge in [-0.3, -0.25) is 0 Å². The molecular weight excluding hydrogens is 370 g/mol. The van der Waals surface area contributed by atoms with Crippen LogP contribution in [0.15, 0.2) is 29.2 Å². The maximum absolute atomic E-state index is 12.8. The number of urea groups is 1. The Morgan fingerprint density at radius 3 is 1.96 bits per heavy atom. The Kier molecular flexibility index (Phi) is 6.01. The molecule has 27 heavy (non-hydrogen) atoms. The van der Waals surface area contributed by atoms with Gasteiger partial charge in [-0.2, -0.15) is 4.31 Å². The summed E-state index contributed by atoms with van der Waals surface area (Å²) in [6, 6.07) is 5.71. The molecule has 2 aliphatic rings. The number of carbonyl (C=O) groups is 2. The van der Waals surface area contributed by atoms with E-state index in [-0.39, 0.29) is 24.0 Å². The second-order valence-corrected chi connectivity index (χ2v) is 8.68. The fraction of sp³-hybridized carbons (Fsp3) is 0.556. The van der Waals surface area contributed by atoms with Crippen LogP contribution in [-0.4, -0.2) is 80.9 Å². The molecule has 2 amide bonds. The molecule has 2 saturated heterocycles. The Morgan fingerprint density at radius 2 is 1.41 bits per heavy atom. The molecule has 3 rings (SSSR count). The molecule has 2 heterocycles. The number of piperidine rings is 1. The van der Waals surface area contributed by atoms with Crippen LogP contribution in [0.2, 0.25) is 0 Å². The molecule has 0 saturated carbocycles. The Balaban J connectivity index is 1.62. The third-order valence-corrected chi connectivity index (χ3v) is 6.96. The van der Waals surface area contributed by atoms with Crippen molar-refractivity contribution in [3.8, 4) is 0 Å². The molecule has 0 bridgehead atoms. The second kappa shape index (κ2) is 8.26. The number of hydrogen-bond acceptors (Lipinski definition) is 5. The molecule has 8 nitrogen and oxygen atoms in total. The normalized spacial score (nSPS) is 19.0. The zero-order chi connectivity index (χ0) is 19.4. The largest absolute Gasteiger partial charge is 0.465 e. The van der Waals surface area contributed by atoms with Crippen molar-refractivity contribution < 1.29 is 22.7 Å². The molecule has 2 fully saturated rings. The number of benzene rings is 1. The van der Waals surface area contributed by atoms with Crippen molar-refractivity contribution in [2.24, 2.45) is 0 Å². The van der Waals surface area contributed by atoms with Crippen molar-refractivity contribution in [3.63, 3.8) is 0 Å². The molecule has 9 heteroatoms. The summed E-state index contributed by atoms with van der Waals surface area (Å²) < 4.78 is 31.6. The zero-order valence-electron chi connectivity index (χ0n) is 15.5. The Morgan fingerprint density at radius 1 is 0.852 bits per heavy atom. The SMILES string of the molecule is COC(=O)c1ccc(S(=O)(=O)N2CCN(C(=O)N3CCCCC3)CC2)cc1. The number of rotatable bonds is 3. The lowest BCUT2D eigenvalue weighted by Crippen LogP contribution is -2.54. The van der Waals surface area contributed by atoms with Gasteiger partial charge in [0.2, 0.25) is 10.0 Å². The van der Waals surface area contributed by atoms with Crippen LogP contribution >= 0.6 is 0 Å². The van der Waals surface area contributed by atoms with Crippen LogP contribution in [0.5, 0.6) is 0 Å². The van der Waals surface area contributed by atoms with E-state index in [2.05, 4.69) is 4.74 Å². The summed E-state index contributed by atoms with van der Waals surface area (Å²) >= 11 is 0. The first kappa shape index (κ1) is 19.6. The molecule has 0 aromatic heterocycles. The van der Waals surface area contributed by atoms with Gasteiger partial charge >= 0.3 is 12.0 Å². The van der Waals surface area contributed by atoms with Gasteiger partial charge in [-0.05, 0) is 43.5 Å². The summed E-state index contributed by atoms with van der Waals surface area (Å²) in [4.78, 5) is 27.8. The van der Waals surface area contributed by atoms with Gasteiger partial charge < -0.3 is 14.5 Å². The Hall–Kier alpha value is -2.13.